The summed E-state index contributed by atoms with van der Waals surface area (Å²) in [6.45, 7) is 3.12. The lowest BCUT2D eigenvalue weighted by molar-refractivity contribution is -0.119. The molecule has 0 amide bonds. The molecule has 0 fully saturated rings. The third-order valence-electron chi connectivity index (χ3n) is 3.82. The predicted molar refractivity (Wildman–Crippen MR) is 92.4 cm³/mol. The Morgan fingerprint density at radius 3 is 2.17 bits per heavy atom. The number of rotatable bonds is 6. The van der Waals surface area contributed by atoms with Crippen LogP contribution in [0, 0.1) is 6.92 Å². The Morgan fingerprint density at radius 1 is 1.04 bits per heavy atom. The zero-order chi connectivity index (χ0) is 17.1. The fraction of sp³-hybridized carbons (Fsp3) is 0.278. The molecule has 0 aliphatic heterocycles. The van der Waals surface area contributed by atoms with Gasteiger partial charge < -0.3 is 0 Å². The Kier molecular flexibility index (Phi) is 5.27. The van der Waals surface area contributed by atoms with Crippen LogP contribution in [-0.2, 0) is 21.1 Å². The molecule has 1 atom stereocenters. The van der Waals surface area contributed by atoms with Gasteiger partial charge in [-0.2, -0.15) is 0 Å². The Labute approximate surface area is 142 Å². The summed E-state index contributed by atoms with van der Waals surface area (Å²) in [6, 6.07) is 15.8. The highest BCUT2D eigenvalue weighted by molar-refractivity contribution is 7.95. The maximum atomic E-state index is 12.7. The van der Waals surface area contributed by atoms with Crippen LogP contribution in [0.15, 0.2) is 59.5 Å². The molecule has 2 aromatic carbocycles. The number of ketones is 1. The lowest BCUT2D eigenvalue weighted by Crippen LogP contribution is -2.38. The van der Waals surface area contributed by atoms with Crippen molar-refractivity contribution in [3.8, 4) is 0 Å². The van der Waals surface area contributed by atoms with Gasteiger partial charge in [0.15, 0.2) is 5.78 Å². The van der Waals surface area contributed by atoms with E-state index in [1.165, 1.54) is 19.1 Å². The number of carbonyl (C=O) groups excluding carboxylic acids is 1. The van der Waals surface area contributed by atoms with Gasteiger partial charge >= 0.3 is 0 Å². The number of hydrogen-bond donors (Lipinski definition) is 0. The second-order valence-electron chi connectivity index (χ2n) is 5.64. The molecule has 0 bridgehead atoms. The minimum Gasteiger partial charge on any atom is -0.297 e. The van der Waals surface area contributed by atoms with Crippen molar-refractivity contribution in [1.82, 2.24) is 0 Å². The van der Waals surface area contributed by atoms with E-state index in [1.807, 2.05) is 37.3 Å². The van der Waals surface area contributed by atoms with E-state index >= 15 is 0 Å². The number of Topliss-reactive ketones (excluding diaryl/α,β-unsaturated/α-hetero) is 1. The van der Waals surface area contributed by atoms with Crippen molar-refractivity contribution in [2.75, 3.05) is 0 Å². The van der Waals surface area contributed by atoms with E-state index in [2.05, 4.69) is 0 Å². The van der Waals surface area contributed by atoms with Crippen LogP contribution in [0.3, 0.4) is 0 Å². The van der Waals surface area contributed by atoms with Gasteiger partial charge in [0.25, 0.3) is 0 Å². The maximum Gasteiger partial charge on any atom is 0.204 e. The van der Waals surface area contributed by atoms with Gasteiger partial charge in [0, 0.05) is 6.42 Å². The SMILES string of the molecule is Cc1ccc(S(=O)(=O)C(C)(Cl)C(=O)CCc2ccccc2)cc1. The van der Waals surface area contributed by atoms with Crippen LogP contribution in [-0.4, -0.2) is 18.4 Å². The Bertz CT molecular complexity index is 779. The van der Waals surface area contributed by atoms with Crippen molar-refractivity contribution in [2.45, 2.75) is 35.8 Å². The van der Waals surface area contributed by atoms with E-state index in [1.54, 1.807) is 12.1 Å². The summed E-state index contributed by atoms with van der Waals surface area (Å²) in [4.78, 5) is 12.5. The summed E-state index contributed by atoms with van der Waals surface area (Å²) in [5.74, 6) is -0.497. The largest absolute Gasteiger partial charge is 0.297 e. The van der Waals surface area contributed by atoms with E-state index in [9.17, 15) is 13.2 Å². The lowest BCUT2D eigenvalue weighted by Gasteiger charge is -2.21. The fourth-order valence-corrected chi connectivity index (χ4v) is 3.91. The van der Waals surface area contributed by atoms with Crippen molar-refractivity contribution in [1.29, 1.82) is 0 Å². The third kappa shape index (κ3) is 3.82. The van der Waals surface area contributed by atoms with Crippen LogP contribution < -0.4 is 0 Å². The molecule has 1 unspecified atom stereocenters. The minimum atomic E-state index is -3.94. The molecule has 2 aromatic rings. The van der Waals surface area contributed by atoms with Gasteiger partial charge in [-0.1, -0.05) is 59.6 Å². The van der Waals surface area contributed by atoms with Crippen molar-refractivity contribution < 1.29 is 13.2 Å². The van der Waals surface area contributed by atoms with Crippen LogP contribution in [0.5, 0.6) is 0 Å². The summed E-state index contributed by atoms with van der Waals surface area (Å²) in [5.41, 5.74) is 1.91. The van der Waals surface area contributed by atoms with Gasteiger partial charge in [0.05, 0.1) is 4.90 Å². The van der Waals surface area contributed by atoms with Crippen molar-refractivity contribution in [3.63, 3.8) is 0 Å². The molecule has 0 heterocycles. The molecule has 3 nitrogen and oxygen atoms in total. The van der Waals surface area contributed by atoms with E-state index in [0.717, 1.165) is 11.1 Å². The van der Waals surface area contributed by atoms with E-state index in [-0.39, 0.29) is 11.3 Å². The fourth-order valence-electron chi connectivity index (χ4n) is 2.21. The zero-order valence-electron chi connectivity index (χ0n) is 13.1. The van der Waals surface area contributed by atoms with Crippen molar-refractivity contribution in [3.05, 3.63) is 65.7 Å². The highest BCUT2D eigenvalue weighted by Crippen LogP contribution is 2.32. The average Bonchev–Trinajstić information content (AvgIpc) is 2.53. The molecule has 0 aromatic heterocycles. The van der Waals surface area contributed by atoms with Gasteiger partial charge in [-0.25, -0.2) is 8.42 Å². The summed E-state index contributed by atoms with van der Waals surface area (Å²) in [7, 11) is -3.94. The molecular formula is C18H19ClO3S. The van der Waals surface area contributed by atoms with E-state index < -0.39 is 19.8 Å². The Balaban J connectivity index is 2.18. The molecule has 2 rings (SSSR count). The molecule has 0 saturated heterocycles. The number of carbonyl (C=O) groups is 1. The highest BCUT2D eigenvalue weighted by atomic mass is 35.5. The Hall–Kier alpha value is -1.65. The van der Waals surface area contributed by atoms with Gasteiger partial charge in [0.1, 0.15) is 0 Å². The summed E-state index contributed by atoms with van der Waals surface area (Å²) in [6.07, 6.45) is 0.542. The van der Waals surface area contributed by atoms with Gasteiger partial charge in [-0.05, 0) is 38.0 Å². The average molecular weight is 351 g/mol. The quantitative estimate of drug-likeness (QED) is 0.742. The van der Waals surface area contributed by atoms with Crippen LogP contribution in [0.25, 0.3) is 0 Å². The molecule has 0 aliphatic carbocycles. The highest BCUT2D eigenvalue weighted by Gasteiger charge is 2.44. The number of alkyl halides is 1. The summed E-state index contributed by atoms with van der Waals surface area (Å²) >= 11 is 6.18. The second kappa shape index (κ2) is 6.85. The molecule has 0 radical (unpaired) electrons. The number of halogens is 1. The monoisotopic (exact) mass is 350 g/mol. The smallest absolute Gasteiger partial charge is 0.204 e. The normalized spacial score (nSPS) is 14.2. The third-order valence-corrected chi connectivity index (χ3v) is 6.77. The topological polar surface area (TPSA) is 51.2 Å². The number of hydrogen-bond acceptors (Lipinski definition) is 3. The number of benzene rings is 2. The van der Waals surface area contributed by atoms with Crippen LogP contribution in [0.2, 0.25) is 0 Å². The Morgan fingerprint density at radius 2 is 1.61 bits per heavy atom. The molecule has 0 aliphatic rings. The minimum absolute atomic E-state index is 0.0636. The van der Waals surface area contributed by atoms with E-state index in [0.29, 0.717) is 6.42 Å². The van der Waals surface area contributed by atoms with Crippen LogP contribution in [0.1, 0.15) is 24.5 Å². The molecular weight excluding hydrogens is 332 g/mol. The molecule has 0 saturated carbocycles. The van der Waals surface area contributed by atoms with Crippen molar-refractivity contribution >= 4 is 27.2 Å². The predicted octanol–water partition coefficient (Wildman–Crippen LogP) is 3.93. The van der Waals surface area contributed by atoms with Gasteiger partial charge in [0.2, 0.25) is 14.0 Å². The maximum absolute atomic E-state index is 12.7. The lowest BCUT2D eigenvalue weighted by atomic mass is 10.1. The molecule has 23 heavy (non-hydrogen) atoms. The first-order valence-electron chi connectivity index (χ1n) is 7.32. The zero-order valence-corrected chi connectivity index (χ0v) is 14.7. The molecule has 5 heteroatoms. The van der Waals surface area contributed by atoms with Crippen LogP contribution in [0.4, 0.5) is 0 Å². The summed E-state index contributed by atoms with van der Waals surface area (Å²) < 4.78 is 23.4. The van der Waals surface area contributed by atoms with Gasteiger partial charge in [-0.3, -0.25) is 4.79 Å². The molecule has 122 valence electrons. The van der Waals surface area contributed by atoms with Crippen LogP contribution >= 0.6 is 11.6 Å². The first kappa shape index (κ1) is 17.7. The molecule has 0 N–H and O–H groups in total. The first-order valence-corrected chi connectivity index (χ1v) is 9.18. The second-order valence-corrected chi connectivity index (χ2v) is 8.92. The van der Waals surface area contributed by atoms with Crippen molar-refractivity contribution in [2.24, 2.45) is 0 Å². The first-order chi connectivity index (χ1) is 10.7. The summed E-state index contributed by atoms with van der Waals surface area (Å²) in [5, 5.41) is 0. The molecule has 0 spiro atoms. The number of sulfone groups is 1. The number of aryl methyl sites for hydroxylation is 2. The van der Waals surface area contributed by atoms with E-state index in [4.69, 9.17) is 11.6 Å². The standard InChI is InChI=1S/C18H19ClO3S/c1-14-8-11-16(12-9-14)23(21,22)18(2,19)17(20)13-10-15-6-4-3-5-7-15/h3-9,11-12H,10,13H2,1-2H3. The van der Waals surface area contributed by atoms with Gasteiger partial charge in [-0.15, -0.1) is 0 Å².